The first kappa shape index (κ1) is 7.02. The van der Waals surface area contributed by atoms with Gasteiger partial charge in [-0.2, -0.15) is 0 Å². The monoisotopic (exact) mass is 110 g/mol. The molecule has 0 atom stereocenters. The number of allylic oxidation sites excluding steroid dienone is 4. The highest BCUT2D eigenvalue weighted by Gasteiger charge is 1.72. The lowest BCUT2D eigenvalue weighted by atomic mass is 10.3. The largest absolute Gasteiger partial charge is 0.515 e. The maximum Gasteiger partial charge on any atom is 0.0820 e. The van der Waals surface area contributed by atoms with Crippen LogP contribution in [0.4, 0.5) is 0 Å². The van der Waals surface area contributed by atoms with Gasteiger partial charge in [-0.1, -0.05) is 24.8 Å². The van der Waals surface area contributed by atoms with Crippen molar-refractivity contribution in [3.63, 3.8) is 0 Å². The topological polar surface area (TPSA) is 20.2 Å². The van der Waals surface area contributed by atoms with E-state index >= 15 is 0 Å². The summed E-state index contributed by atoms with van der Waals surface area (Å²) in [5.74, 6) is 0. The van der Waals surface area contributed by atoms with Crippen LogP contribution in [0.1, 0.15) is 6.92 Å². The summed E-state index contributed by atoms with van der Waals surface area (Å²) in [5.41, 5.74) is 0.824. The fraction of sp³-hybridized carbons (Fsp3) is 0.143. The maximum atomic E-state index is 8.31. The quantitative estimate of drug-likeness (QED) is 0.426. The normalized spacial score (nSPS) is 12.4. The van der Waals surface area contributed by atoms with E-state index < -0.39 is 0 Å². The molecule has 0 fully saturated rings. The average molecular weight is 110 g/mol. The lowest BCUT2D eigenvalue weighted by Crippen LogP contribution is -1.63. The molecule has 0 spiro atoms. The zero-order valence-corrected chi connectivity index (χ0v) is 4.96. The number of aliphatic hydroxyl groups is 1. The van der Waals surface area contributed by atoms with Crippen LogP contribution in [0.5, 0.6) is 0 Å². The van der Waals surface area contributed by atoms with E-state index in [1.54, 1.807) is 25.2 Å². The highest BCUT2D eigenvalue weighted by Crippen LogP contribution is 1.90. The van der Waals surface area contributed by atoms with Gasteiger partial charge >= 0.3 is 0 Å². The smallest absolute Gasteiger partial charge is 0.0820 e. The summed E-state index contributed by atoms with van der Waals surface area (Å²) in [5, 5.41) is 8.31. The molecule has 0 heterocycles. The molecule has 0 aromatic rings. The first-order valence-corrected chi connectivity index (χ1v) is 2.41. The van der Waals surface area contributed by atoms with E-state index in [0.717, 1.165) is 11.8 Å². The van der Waals surface area contributed by atoms with Crippen molar-refractivity contribution in [3.8, 4) is 0 Å². The minimum absolute atomic E-state index is 0.824. The molecule has 0 aliphatic rings. The molecule has 1 heteroatoms. The molecule has 0 aliphatic carbocycles. The van der Waals surface area contributed by atoms with Crippen molar-refractivity contribution in [1.82, 2.24) is 0 Å². The molecule has 0 rings (SSSR count). The van der Waals surface area contributed by atoms with Crippen LogP contribution < -0.4 is 0 Å². The second-order valence-electron chi connectivity index (χ2n) is 1.47. The maximum absolute atomic E-state index is 8.31. The van der Waals surface area contributed by atoms with Crippen molar-refractivity contribution in [2.24, 2.45) is 0 Å². The molecule has 1 N–H and O–H groups in total. The first-order valence-electron chi connectivity index (χ1n) is 2.41. The number of rotatable bonds is 2. The van der Waals surface area contributed by atoms with Crippen molar-refractivity contribution in [2.45, 2.75) is 6.92 Å². The Bertz CT molecular complexity index is 120. The Morgan fingerprint density at radius 1 is 1.62 bits per heavy atom. The Morgan fingerprint density at radius 2 is 2.25 bits per heavy atom. The van der Waals surface area contributed by atoms with Crippen LogP contribution in [0.3, 0.4) is 0 Å². The van der Waals surface area contributed by atoms with E-state index in [0.29, 0.717) is 0 Å². The summed E-state index contributed by atoms with van der Waals surface area (Å²) in [6.07, 6.45) is 6.25. The van der Waals surface area contributed by atoms with E-state index in [4.69, 9.17) is 5.11 Å². The van der Waals surface area contributed by atoms with E-state index in [-0.39, 0.29) is 0 Å². The highest BCUT2D eigenvalue weighted by atomic mass is 16.2. The average Bonchev–Trinajstić information content (AvgIpc) is 1.83. The number of hydrogen-bond acceptors (Lipinski definition) is 1. The van der Waals surface area contributed by atoms with E-state index in [1.807, 2.05) is 0 Å². The van der Waals surface area contributed by atoms with Crippen molar-refractivity contribution < 1.29 is 5.11 Å². The summed E-state index contributed by atoms with van der Waals surface area (Å²) in [4.78, 5) is 0. The molecular formula is C7H10O. The van der Waals surface area contributed by atoms with Gasteiger partial charge in [-0.25, -0.2) is 0 Å². The van der Waals surface area contributed by atoms with Crippen LogP contribution in [0, 0.1) is 0 Å². The van der Waals surface area contributed by atoms with Gasteiger partial charge in [0.15, 0.2) is 0 Å². The van der Waals surface area contributed by atoms with Crippen LogP contribution in [0.25, 0.3) is 0 Å². The molecule has 0 unspecified atom stereocenters. The summed E-state index contributed by atoms with van der Waals surface area (Å²) >= 11 is 0. The van der Waals surface area contributed by atoms with Gasteiger partial charge in [-0.15, -0.1) is 0 Å². The molecule has 8 heavy (non-hydrogen) atoms. The minimum atomic E-state index is 0.824. The van der Waals surface area contributed by atoms with Gasteiger partial charge in [0.2, 0.25) is 0 Å². The second-order valence-corrected chi connectivity index (χ2v) is 1.47. The Morgan fingerprint density at radius 3 is 2.62 bits per heavy atom. The van der Waals surface area contributed by atoms with Gasteiger partial charge in [0.05, 0.1) is 6.26 Å². The zero-order chi connectivity index (χ0) is 6.41. The Kier molecular flexibility index (Phi) is 3.67. The Balaban J connectivity index is 3.69. The summed E-state index contributed by atoms with van der Waals surface area (Å²) < 4.78 is 0. The zero-order valence-electron chi connectivity index (χ0n) is 4.96. The number of aliphatic hydroxyl groups excluding tert-OH is 1. The van der Waals surface area contributed by atoms with Gasteiger partial charge in [0, 0.05) is 0 Å². The molecule has 0 aliphatic heterocycles. The summed E-state index contributed by atoms with van der Waals surface area (Å²) in [7, 11) is 0. The Labute approximate surface area is 49.7 Å². The molecule has 0 aromatic carbocycles. The lowest BCUT2D eigenvalue weighted by molar-refractivity contribution is 0.469. The van der Waals surface area contributed by atoms with Gasteiger partial charge in [0.25, 0.3) is 0 Å². The van der Waals surface area contributed by atoms with Crippen LogP contribution in [-0.4, -0.2) is 5.11 Å². The van der Waals surface area contributed by atoms with Gasteiger partial charge < -0.3 is 5.11 Å². The Hall–Kier alpha value is -0.980. The van der Waals surface area contributed by atoms with Crippen molar-refractivity contribution in [1.29, 1.82) is 0 Å². The predicted octanol–water partition coefficient (Wildman–Crippen LogP) is 2.19. The van der Waals surface area contributed by atoms with E-state index in [1.165, 1.54) is 0 Å². The molecule has 0 bridgehead atoms. The van der Waals surface area contributed by atoms with Crippen LogP contribution >= 0.6 is 0 Å². The molecule has 0 saturated heterocycles. The summed E-state index contributed by atoms with van der Waals surface area (Å²) in [6, 6.07) is 0. The van der Waals surface area contributed by atoms with Gasteiger partial charge in [0.1, 0.15) is 0 Å². The third-order valence-corrected chi connectivity index (χ3v) is 0.699. The molecular weight excluding hydrogens is 100 g/mol. The van der Waals surface area contributed by atoms with Crippen molar-refractivity contribution in [3.05, 3.63) is 36.6 Å². The molecule has 0 radical (unpaired) electrons. The van der Waals surface area contributed by atoms with E-state index in [2.05, 4.69) is 6.58 Å². The number of hydrogen-bond donors (Lipinski definition) is 1. The van der Waals surface area contributed by atoms with Crippen molar-refractivity contribution >= 4 is 0 Å². The molecule has 0 saturated carbocycles. The first-order chi connectivity index (χ1) is 3.81. The SMILES string of the molecule is C=C/C=C/C(C)=C/O. The lowest BCUT2D eigenvalue weighted by Gasteiger charge is -1.81. The van der Waals surface area contributed by atoms with E-state index in [9.17, 15) is 0 Å². The fourth-order valence-electron chi connectivity index (χ4n) is 0.263. The minimum Gasteiger partial charge on any atom is -0.515 e. The predicted molar refractivity (Wildman–Crippen MR) is 35.7 cm³/mol. The highest BCUT2D eigenvalue weighted by molar-refractivity contribution is 5.16. The molecule has 1 nitrogen and oxygen atoms in total. The van der Waals surface area contributed by atoms with Crippen LogP contribution in [0.2, 0.25) is 0 Å². The third kappa shape index (κ3) is 3.22. The second kappa shape index (κ2) is 4.19. The summed E-state index contributed by atoms with van der Waals surface area (Å²) in [6.45, 7) is 5.28. The van der Waals surface area contributed by atoms with Crippen LogP contribution in [-0.2, 0) is 0 Å². The van der Waals surface area contributed by atoms with Crippen molar-refractivity contribution in [2.75, 3.05) is 0 Å². The standard InChI is InChI=1S/C7H10O/c1-3-4-5-7(2)6-8/h3-6,8H,1H2,2H3/b5-4+,7-6+. The van der Waals surface area contributed by atoms with Crippen LogP contribution in [0.15, 0.2) is 36.6 Å². The van der Waals surface area contributed by atoms with Gasteiger partial charge in [-0.3, -0.25) is 0 Å². The van der Waals surface area contributed by atoms with Gasteiger partial charge in [-0.05, 0) is 12.5 Å². The molecule has 44 valence electrons. The fourth-order valence-corrected chi connectivity index (χ4v) is 0.263. The molecule has 0 amide bonds. The molecule has 0 aromatic heterocycles. The third-order valence-electron chi connectivity index (χ3n) is 0.699.